The second kappa shape index (κ2) is 13.4. The third-order valence-corrected chi connectivity index (χ3v) is 3.16. The van der Waals surface area contributed by atoms with Crippen molar-refractivity contribution in [2.45, 2.75) is 6.42 Å². The topological polar surface area (TPSA) is 128 Å². The summed E-state index contributed by atoms with van der Waals surface area (Å²) in [5.41, 5.74) is 5.49. The molecule has 20 heavy (non-hydrogen) atoms. The number of nitrogens with zero attached hydrogens (tertiary/aromatic N) is 1. The molecule has 0 saturated carbocycles. The summed E-state index contributed by atoms with van der Waals surface area (Å²) in [6.07, 6.45) is 0.128. The lowest BCUT2D eigenvalue weighted by Crippen LogP contribution is -2.39. The highest BCUT2D eigenvalue weighted by Gasteiger charge is 2.05. The van der Waals surface area contributed by atoms with Gasteiger partial charge in [0.25, 0.3) is 0 Å². The van der Waals surface area contributed by atoms with Crippen LogP contribution in [0.3, 0.4) is 0 Å². The zero-order chi connectivity index (χ0) is 15.2. The van der Waals surface area contributed by atoms with Crippen molar-refractivity contribution in [2.24, 2.45) is 5.73 Å². The molecule has 0 aromatic rings. The number of hydrogen-bond donors (Lipinski definition) is 5. The van der Waals surface area contributed by atoms with E-state index in [1.165, 1.54) is 0 Å². The van der Waals surface area contributed by atoms with Gasteiger partial charge >= 0.3 is 5.97 Å². The van der Waals surface area contributed by atoms with E-state index in [1.54, 1.807) is 0 Å². The molecule has 1 atom stereocenters. The standard InChI is InChI=1S/C11H26N4O4S/c12-2-7-15(9-10-20(18)19)8-6-14-5-4-13-3-1-11(16)17/h13-14H,1-10,12H2,(H,16,17)(H,18,19). The summed E-state index contributed by atoms with van der Waals surface area (Å²) < 4.78 is 19.4. The van der Waals surface area contributed by atoms with Gasteiger partial charge in [0.2, 0.25) is 0 Å². The molecule has 0 aliphatic heterocycles. The van der Waals surface area contributed by atoms with Crippen molar-refractivity contribution in [3.8, 4) is 0 Å². The van der Waals surface area contributed by atoms with E-state index in [0.29, 0.717) is 32.7 Å². The van der Waals surface area contributed by atoms with Gasteiger partial charge in [0.1, 0.15) is 0 Å². The van der Waals surface area contributed by atoms with Crippen molar-refractivity contribution in [2.75, 3.05) is 58.1 Å². The van der Waals surface area contributed by atoms with Crippen LogP contribution < -0.4 is 16.4 Å². The molecule has 0 aromatic carbocycles. The number of rotatable bonds is 14. The molecule has 1 unspecified atom stereocenters. The average molecular weight is 310 g/mol. The number of nitrogens with one attached hydrogen (secondary N) is 2. The van der Waals surface area contributed by atoms with Crippen molar-refractivity contribution in [3.05, 3.63) is 0 Å². The van der Waals surface area contributed by atoms with Crippen LogP contribution in [-0.4, -0.2) is 82.8 Å². The minimum absolute atomic E-state index is 0.128. The molecule has 0 saturated heterocycles. The third kappa shape index (κ3) is 13.8. The minimum atomic E-state index is -1.77. The Morgan fingerprint density at radius 3 is 2.30 bits per heavy atom. The van der Waals surface area contributed by atoms with Crippen LogP contribution in [0.25, 0.3) is 0 Å². The fourth-order valence-corrected chi connectivity index (χ4v) is 2.00. The SMILES string of the molecule is NCCN(CCNCCNCCC(=O)O)CCS(=O)O. The van der Waals surface area contributed by atoms with Crippen molar-refractivity contribution in [3.63, 3.8) is 0 Å². The molecule has 0 bridgehead atoms. The Hall–Kier alpha value is -0.580. The Labute approximate surface area is 122 Å². The normalized spacial score (nSPS) is 12.8. The molecule has 0 heterocycles. The second-order valence-electron chi connectivity index (χ2n) is 4.30. The summed E-state index contributed by atoms with van der Waals surface area (Å²) in [6.45, 7) is 5.25. The molecule has 6 N–H and O–H groups in total. The van der Waals surface area contributed by atoms with Gasteiger partial charge in [-0.25, -0.2) is 4.21 Å². The average Bonchev–Trinajstić information content (AvgIpc) is 2.38. The van der Waals surface area contributed by atoms with Gasteiger partial charge in [-0.2, -0.15) is 0 Å². The van der Waals surface area contributed by atoms with E-state index in [2.05, 4.69) is 10.6 Å². The second-order valence-corrected chi connectivity index (χ2v) is 5.35. The maximum absolute atomic E-state index is 10.6. The molecule has 0 rings (SSSR count). The molecule has 0 amide bonds. The van der Waals surface area contributed by atoms with Crippen LogP contribution in [0, 0.1) is 0 Å². The minimum Gasteiger partial charge on any atom is -0.481 e. The van der Waals surface area contributed by atoms with E-state index in [4.69, 9.17) is 15.4 Å². The van der Waals surface area contributed by atoms with Crippen molar-refractivity contribution in [1.29, 1.82) is 0 Å². The molecule has 9 heteroatoms. The maximum Gasteiger partial charge on any atom is 0.304 e. The van der Waals surface area contributed by atoms with Crippen LogP contribution in [0.2, 0.25) is 0 Å². The summed E-state index contributed by atoms with van der Waals surface area (Å²) in [5.74, 6) is -0.569. The van der Waals surface area contributed by atoms with E-state index in [-0.39, 0.29) is 12.2 Å². The van der Waals surface area contributed by atoms with Crippen LogP contribution in [0.5, 0.6) is 0 Å². The number of aliphatic carboxylic acids is 1. The van der Waals surface area contributed by atoms with Crippen LogP contribution in [0.15, 0.2) is 0 Å². The van der Waals surface area contributed by atoms with E-state index in [1.807, 2.05) is 4.90 Å². The van der Waals surface area contributed by atoms with Crippen LogP contribution in [-0.2, 0) is 15.9 Å². The molecular weight excluding hydrogens is 284 g/mol. The largest absolute Gasteiger partial charge is 0.481 e. The fourth-order valence-electron chi connectivity index (χ4n) is 1.58. The smallest absolute Gasteiger partial charge is 0.304 e. The molecule has 0 aromatic heterocycles. The third-order valence-electron chi connectivity index (χ3n) is 2.63. The molecule has 0 radical (unpaired) electrons. The number of carboxylic acids is 1. The van der Waals surface area contributed by atoms with E-state index in [9.17, 15) is 9.00 Å². The first-order valence-electron chi connectivity index (χ1n) is 6.69. The summed E-state index contributed by atoms with van der Waals surface area (Å²) in [6, 6.07) is 0. The Morgan fingerprint density at radius 2 is 1.75 bits per heavy atom. The quantitative estimate of drug-likeness (QED) is 0.186. The summed E-state index contributed by atoms with van der Waals surface area (Å²) in [5, 5.41) is 14.7. The zero-order valence-electron chi connectivity index (χ0n) is 11.7. The van der Waals surface area contributed by atoms with E-state index in [0.717, 1.165) is 19.6 Å². The van der Waals surface area contributed by atoms with Gasteiger partial charge in [-0.1, -0.05) is 0 Å². The number of nitrogens with two attached hydrogens (primary N) is 1. The first-order chi connectivity index (χ1) is 9.56. The highest BCUT2D eigenvalue weighted by atomic mass is 32.2. The van der Waals surface area contributed by atoms with Gasteiger partial charge in [0, 0.05) is 52.4 Å². The molecule has 0 spiro atoms. The lowest BCUT2D eigenvalue weighted by molar-refractivity contribution is -0.136. The van der Waals surface area contributed by atoms with Crippen LogP contribution in [0.1, 0.15) is 6.42 Å². The van der Waals surface area contributed by atoms with Gasteiger partial charge in [0.15, 0.2) is 11.1 Å². The van der Waals surface area contributed by atoms with Crippen molar-refractivity contribution >= 4 is 17.0 Å². The van der Waals surface area contributed by atoms with Crippen molar-refractivity contribution < 1.29 is 18.7 Å². The highest BCUT2D eigenvalue weighted by Crippen LogP contribution is 1.87. The Balaban J connectivity index is 3.48. The highest BCUT2D eigenvalue weighted by molar-refractivity contribution is 7.79. The summed E-state index contributed by atoms with van der Waals surface area (Å²) >= 11 is -1.77. The van der Waals surface area contributed by atoms with Gasteiger partial charge in [0.05, 0.1) is 12.2 Å². The van der Waals surface area contributed by atoms with E-state index >= 15 is 0 Å². The Morgan fingerprint density at radius 1 is 1.10 bits per heavy atom. The number of carbonyl (C=O) groups is 1. The molecule has 8 nitrogen and oxygen atoms in total. The molecule has 0 fully saturated rings. The lowest BCUT2D eigenvalue weighted by Gasteiger charge is -2.20. The molecule has 0 aliphatic carbocycles. The summed E-state index contributed by atoms with van der Waals surface area (Å²) in [4.78, 5) is 12.3. The fraction of sp³-hybridized carbons (Fsp3) is 0.909. The first-order valence-corrected chi connectivity index (χ1v) is 7.97. The lowest BCUT2D eigenvalue weighted by atomic mass is 10.4. The van der Waals surface area contributed by atoms with Gasteiger partial charge in [-0.05, 0) is 0 Å². The molecule has 120 valence electrons. The van der Waals surface area contributed by atoms with Crippen molar-refractivity contribution in [1.82, 2.24) is 15.5 Å². The summed E-state index contributed by atoms with van der Waals surface area (Å²) in [7, 11) is 0. The van der Waals surface area contributed by atoms with Gasteiger partial charge in [-0.15, -0.1) is 0 Å². The van der Waals surface area contributed by atoms with Gasteiger partial charge in [-0.3, -0.25) is 9.69 Å². The predicted molar refractivity (Wildman–Crippen MR) is 79.1 cm³/mol. The number of carboxylic acid groups (broad SMARTS) is 1. The van der Waals surface area contributed by atoms with Crippen LogP contribution in [0.4, 0.5) is 0 Å². The Bertz CT molecular complexity index is 281. The zero-order valence-corrected chi connectivity index (χ0v) is 12.5. The van der Waals surface area contributed by atoms with Crippen LogP contribution >= 0.6 is 0 Å². The maximum atomic E-state index is 10.6. The molecular formula is C11H26N4O4S. The van der Waals surface area contributed by atoms with E-state index < -0.39 is 17.0 Å². The monoisotopic (exact) mass is 310 g/mol. The predicted octanol–water partition coefficient (Wildman–Crippen LogP) is -1.88. The van der Waals surface area contributed by atoms with Gasteiger partial charge < -0.3 is 26.0 Å². The Kier molecular flexibility index (Phi) is 13.0. The first kappa shape index (κ1) is 19.4. The number of hydrogen-bond acceptors (Lipinski definition) is 6. The molecule has 0 aliphatic rings.